The van der Waals surface area contributed by atoms with Gasteiger partial charge in [-0.25, -0.2) is 0 Å². The van der Waals surface area contributed by atoms with E-state index in [9.17, 15) is 0 Å². The monoisotopic (exact) mass is 1080 g/mol. The summed E-state index contributed by atoms with van der Waals surface area (Å²) in [6.07, 6.45) is 3.78. The molecule has 0 aliphatic rings. The number of hydrogen-bond donors (Lipinski definition) is 0. The molecule has 0 atom stereocenters. The second-order valence-electron chi connectivity index (χ2n) is 21.1. The number of nitrogens with zero attached hydrogens (tertiary/aromatic N) is 4. The van der Waals surface area contributed by atoms with Crippen LogP contribution >= 0.6 is 0 Å². The van der Waals surface area contributed by atoms with Crippen molar-refractivity contribution in [3.63, 3.8) is 0 Å². The maximum absolute atomic E-state index is 3.95. The molecule has 0 saturated carbocycles. The van der Waals surface area contributed by atoms with Gasteiger partial charge in [-0.3, -0.25) is 0 Å². The van der Waals surface area contributed by atoms with Crippen LogP contribution < -0.4 is 19.6 Å². The molecule has 12 aromatic carbocycles. The predicted molar refractivity (Wildman–Crippen MR) is 362 cm³/mol. The van der Waals surface area contributed by atoms with Crippen molar-refractivity contribution in [2.24, 2.45) is 0 Å². The van der Waals surface area contributed by atoms with Crippen molar-refractivity contribution < 1.29 is 0 Å². The topological polar surface area (TPSA) is 13.0 Å². The first-order valence-electron chi connectivity index (χ1n) is 28.6. The highest BCUT2D eigenvalue weighted by Crippen LogP contribution is 2.41. The van der Waals surface area contributed by atoms with Gasteiger partial charge in [0.1, 0.15) is 0 Å². The lowest BCUT2D eigenvalue weighted by Crippen LogP contribution is -2.10. The molecule has 0 amide bonds. The van der Waals surface area contributed by atoms with Crippen molar-refractivity contribution in [1.29, 1.82) is 0 Å². The number of aryl methyl sites for hydroxylation is 4. The molecule has 0 unspecified atom stereocenters. The number of anilines is 12. The lowest BCUT2D eigenvalue weighted by atomic mass is 10.0. The summed E-state index contributed by atoms with van der Waals surface area (Å²) in [5.74, 6) is 0. The Hall–Kier alpha value is -10.7. The Morgan fingerprint density at radius 2 is 0.476 bits per heavy atom. The Bertz CT molecular complexity index is 3940. The van der Waals surface area contributed by atoms with Crippen LogP contribution in [-0.4, -0.2) is 0 Å². The van der Waals surface area contributed by atoms with Crippen molar-refractivity contribution >= 4 is 80.4 Å². The van der Waals surface area contributed by atoms with E-state index in [1.165, 1.54) is 44.5 Å². The van der Waals surface area contributed by atoms with Crippen LogP contribution in [0.1, 0.15) is 33.4 Å². The molecule has 0 aliphatic carbocycles. The fourth-order valence-electron chi connectivity index (χ4n) is 10.8. The predicted octanol–water partition coefficient (Wildman–Crippen LogP) is 23.1. The normalized spacial score (nSPS) is 10.7. The Labute approximate surface area is 497 Å². The average Bonchev–Trinajstić information content (AvgIpc) is 3.73. The zero-order valence-corrected chi connectivity index (χ0v) is 48.2. The van der Waals surface area contributed by atoms with Crippen LogP contribution in [0.3, 0.4) is 0 Å². The first kappa shape index (κ1) is 55.2. The lowest BCUT2D eigenvalue weighted by Gasteiger charge is -2.26. The fraction of sp³-hybridized carbons (Fsp3) is 0.0500. The van der Waals surface area contributed by atoms with Crippen molar-refractivity contribution in [2.45, 2.75) is 27.7 Å². The smallest absolute Gasteiger partial charge is 0.0464 e. The number of benzene rings is 12. The van der Waals surface area contributed by atoms with E-state index in [0.29, 0.717) is 0 Å². The largest absolute Gasteiger partial charge is 0.310 e. The highest BCUT2D eigenvalue weighted by molar-refractivity contribution is 5.84. The van der Waals surface area contributed by atoms with Crippen LogP contribution in [0.5, 0.6) is 0 Å². The van der Waals surface area contributed by atoms with Gasteiger partial charge < -0.3 is 19.6 Å². The average molecular weight is 1090 g/mol. The molecule has 0 bridgehead atoms. The molecule has 0 aliphatic heterocycles. The number of rotatable bonds is 16. The summed E-state index contributed by atoms with van der Waals surface area (Å²) in [5.41, 5.74) is 25.4. The van der Waals surface area contributed by atoms with Gasteiger partial charge in [0.15, 0.2) is 0 Å². The van der Waals surface area contributed by atoms with E-state index in [1.807, 2.05) is 12.2 Å². The molecule has 0 aromatic heterocycles. The van der Waals surface area contributed by atoms with Gasteiger partial charge in [-0.05, 0) is 229 Å². The van der Waals surface area contributed by atoms with Crippen LogP contribution in [0, 0.1) is 27.7 Å². The second-order valence-corrected chi connectivity index (χ2v) is 21.1. The zero-order valence-electron chi connectivity index (χ0n) is 48.2. The molecule has 0 N–H and O–H groups in total. The van der Waals surface area contributed by atoms with Gasteiger partial charge in [0.25, 0.3) is 0 Å². The lowest BCUT2D eigenvalue weighted by molar-refractivity contribution is 1.27. The third-order valence-corrected chi connectivity index (χ3v) is 15.1. The van der Waals surface area contributed by atoms with Gasteiger partial charge in [0.2, 0.25) is 0 Å². The highest BCUT2D eigenvalue weighted by atomic mass is 15.2. The molecule has 408 valence electrons. The van der Waals surface area contributed by atoms with Gasteiger partial charge >= 0.3 is 0 Å². The van der Waals surface area contributed by atoms with E-state index >= 15 is 0 Å². The van der Waals surface area contributed by atoms with Gasteiger partial charge in [-0.2, -0.15) is 0 Å². The molecule has 84 heavy (non-hydrogen) atoms. The Morgan fingerprint density at radius 1 is 0.226 bits per heavy atom. The van der Waals surface area contributed by atoms with Crippen molar-refractivity contribution in [3.05, 3.63) is 350 Å². The SMILES string of the molecule is C=Cc1ccc(N(c2ccc(-c3ccc(N(c4ccccc4)c4cccc(C)c4)cc3)cc2)c2cccc(C)c2)cc1.C=Cc1ccc(N(c2ccccc2)c2ccc(-c3ccc(N(c4ccccc4)c4cccc(C)c4)cc3)cc2)cc1C. The minimum absolute atomic E-state index is 1.11. The van der Waals surface area contributed by atoms with Crippen molar-refractivity contribution in [3.8, 4) is 22.3 Å². The molecular formula is C80H68N4. The van der Waals surface area contributed by atoms with Crippen LogP contribution in [0.4, 0.5) is 68.2 Å². The van der Waals surface area contributed by atoms with E-state index in [1.54, 1.807) is 0 Å². The molecule has 4 nitrogen and oxygen atoms in total. The van der Waals surface area contributed by atoms with E-state index < -0.39 is 0 Å². The maximum atomic E-state index is 3.95. The van der Waals surface area contributed by atoms with E-state index in [4.69, 9.17) is 0 Å². The molecule has 0 heterocycles. The summed E-state index contributed by atoms with van der Waals surface area (Å²) in [7, 11) is 0. The second kappa shape index (κ2) is 25.8. The van der Waals surface area contributed by atoms with Gasteiger partial charge in [-0.15, -0.1) is 0 Å². The standard InChI is InChI=1S/2C40H34N2/c1-4-32-18-27-40(29-31(32)3)42(36-15-9-6-10-16-36)38-25-21-34(22-26-38)33-19-23-37(24-20-33)41(35-13-7-5-8-14-35)39-17-11-12-30(2)28-39;1-4-32-16-22-36(23-17-32)42(40-15-9-11-31(3)29-40)38-26-20-34(21-27-38)33-18-24-37(25-19-33)41(35-12-6-5-7-13-35)39-14-8-10-30(2)28-39/h2*4-29H,1H2,2-3H3. The summed E-state index contributed by atoms with van der Waals surface area (Å²) in [6, 6.07) is 108. The Kier molecular flexibility index (Phi) is 17.0. The molecule has 0 fully saturated rings. The molecule has 0 saturated heterocycles. The summed E-state index contributed by atoms with van der Waals surface area (Å²) >= 11 is 0. The minimum atomic E-state index is 1.11. The molecule has 12 aromatic rings. The van der Waals surface area contributed by atoms with E-state index in [0.717, 1.165) is 79.4 Å². The molecule has 0 spiro atoms. The summed E-state index contributed by atoms with van der Waals surface area (Å²) in [5, 5.41) is 0. The van der Waals surface area contributed by atoms with Crippen LogP contribution in [0.2, 0.25) is 0 Å². The summed E-state index contributed by atoms with van der Waals surface area (Å²) < 4.78 is 0. The summed E-state index contributed by atoms with van der Waals surface area (Å²) in [4.78, 5) is 9.20. The van der Waals surface area contributed by atoms with E-state index in [2.05, 4.69) is 364 Å². The quantitative estimate of drug-likeness (QED) is 0.0956. The third-order valence-electron chi connectivity index (χ3n) is 15.1. The summed E-state index contributed by atoms with van der Waals surface area (Å²) in [6.45, 7) is 16.4. The minimum Gasteiger partial charge on any atom is -0.310 e. The zero-order chi connectivity index (χ0) is 57.8. The molecular weight excluding hydrogens is 1020 g/mol. The van der Waals surface area contributed by atoms with Crippen LogP contribution in [-0.2, 0) is 0 Å². The molecule has 4 heteroatoms. The third kappa shape index (κ3) is 12.7. The van der Waals surface area contributed by atoms with Crippen LogP contribution in [0.25, 0.3) is 34.4 Å². The van der Waals surface area contributed by atoms with Gasteiger partial charge in [0, 0.05) is 68.2 Å². The fourth-order valence-corrected chi connectivity index (χ4v) is 10.8. The number of para-hydroxylation sites is 3. The van der Waals surface area contributed by atoms with Crippen LogP contribution in [0.15, 0.2) is 316 Å². The molecule has 0 radical (unpaired) electrons. The van der Waals surface area contributed by atoms with Crippen molar-refractivity contribution in [1.82, 2.24) is 0 Å². The van der Waals surface area contributed by atoms with Gasteiger partial charge in [-0.1, -0.05) is 183 Å². The number of hydrogen-bond acceptors (Lipinski definition) is 4. The Morgan fingerprint density at radius 3 is 0.738 bits per heavy atom. The highest BCUT2D eigenvalue weighted by Gasteiger charge is 2.18. The first-order valence-corrected chi connectivity index (χ1v) is 28.6. The first-order chi connectivity index (χ1) is 41.2. The van der Waals surface area contributed by atoms with E-state index in [-0.39, 0.29) is 0 Å². The Balaban J connectivity index is 0.000000175. The van der Waals surface area contributed by atoms with Gasteiger partial charge in [0.05, 0.1) is 0 Å². The maximum Gasteiger partial charge on any atom is 0.0464 e. The van der Waals surface area contributed by atoms with Crippen molar-refractivity contribution in [2.75, 3.05) is 19.6 Å². The molecule has 12 rings (SSSR count).